The highest BCUT2D eigenvalue weighted by Crippen LogP contribution is 2.40. The number of rotatable bonds is 1. The fourth-order valence-corrected chi connectivity index (χ4v) is 3.30. The molecular formula is C21H23BO3. The van der Waals surface area contributed by atoms with Crippen molar-refractivity contribution < 1.29 is 14.0 Å². The van der Waals surface area contributed by atoms with E-state index in [4.69, 9.17) is 14.0 Å². The van der Waals surface area contributed by atoms with Gasteiger partial charge in [-0.1, -0.05) is 42.5 Å². The topological polar surface area (TPSA) is 27.7 Å². The van der Waals surface area contributed by atoms with E-state index in [9.17, 15) is 0 Å². The maximum atomic E-state index is 6.20. The Bertz CT molecular complexity index is 773. The molecule has 0 bridgehead atoms. The molecule has 1 saturated heterocycles. The van der Waals surface area contributed by atoms with Crippen LogP contribution < -0.4 is 4.74 Å². The smallest absolute Gasteiger partial charge is 0.487 e. The van der Waals surface area contributed by atoms with Gasteiger partial charge in [-0.05, 0) is 56.4 Å². The molecule has 0 spiro atoms. The van der Waals surface area contributed by atoms with Gasteiger partial charge in [-0.3, -0.25) is 0 Å². The molecule has 3 nitrogen and oxygen atoms in total. The molecule has 0 radical (unpaired) electrons. The monoisotopic (exact) mass is 334 g/mol. The fraction of sp³-hybridized carbons (Fsp3) is 0.333. The molecule has 0 atom stereocenters. The quantitative estimate of drug-likeness (QED) is 0.711. The molecule has 128 valence electrons. The summed E-state index contributed by atoms with van der Waals surface area (Å²) in [6.07, 6.45) is 0. The molecule has 2 aliphatic rings. The minimum atomic E-state index is -0.390. The van der Waals surface area contributed by atoms with Gasteiger partial charge < -0.3 is 14.0 Å². The predicted molar refractivity (Wildman–Crippen MR) is 100 cm³/mol. The summed E-state index contributed by atoms with van der Waals surface area (Å²) in [6, 6.07) is 16.5. The number of ether oxygens (including phenoxy) is 1. The zero-order valence-corrected chi connectivity index (χ0v) is 15.2. The van der Waals surface area contributed by atoms with Crippen LogP contribution in [0.25, 0.3) is 5.57 Å². The minimum absolute atomic E-state index is 0.352. The SMILES string of the molecule is CC1(C)OB(/C=C2\c3ccccc3COc3ccccc32)OC1(C)C. The van der Waals surface area contributed by atoms with E-state index in [1.807, 2.05) is 24.3 Å². The highest BCUT2D eigenvalue weighted by molar-refractivity contribution is 6.53. The van der Waals surface area contributed by atoms with Crippen LogP contribution in [0.5, 0.6) is 5.75 Å². The van der Waals surface area contributed by atoms with E-state index in [1.54, 1.807) is 0 Å². The lowest BCUT2D eigenvalue weighted by atomic mass is 9.81. The van der Waals surface area contributed by atoms with Gasteiger partial charge in [0.05, 0.1) is 11.2 Å². The van der Waals surface area contributed by atoms with E-state index < -0.39 is 0 Å². The molecule has 2 aromatic rings. The molecule has 0 saturated carbocycles. The first-order valence-electron chi connectivity index (χ1n) is 8.75. The van der Waals surface area contributed by atoms with Crippen molar-refractivity contribution in [3.05, 3.63) is 71.2 Å². The third kappa shape index (κ3) is 2.80. The van der Waals surface area contributed by atoms with Crippen molar-refractivity contribution in [3.63, 3.8) is 0 Å². The second-order valence-corrected chi connectivity index (χ2v) is 7.65. The number of hydrogen-bond donors (Lipinski definition) is 0. The third-order valence-electron chi connectivity index (χ3n) is 5.44. The lowest BCUT2D eigenvalue weighted by Gasteiger charge is -2.32. The highest BCUT2D eigenvalue weighted by Gasteiger charge is 2.50. The summed E-state index contributed by atoms with van der Waals surface area (Å²) in [6.45, 7) is 8.86. The lowest BCUT2D eigenvalue weighted by Crippen LogP contribution is -2.41. The van der Waals surface area contributed by atoms with Crippen molar-refractivity contribution in [1.29, 1.82) is 0 Å². The predicted octanol–water partition coefficient (Wildman–Crippen LogP) is 4.64. The van der Waals surface area contributed by atoms with Gasteiger partial charge in [-0.25, -0.2) is 0 Å². The highest BCUT2D eigenvalue weighted by atomic mass is 16.7. The Kier molecular flexibility index (Phi) is 3.78. The van der Waals surface area contributed by atoms with Gasteiger partial charge in [0.1, 0.15) is 12.4 Å². The van der Waals surface area contributed by atoms with E-state index >= 15 is 0 Å². The van der Waals surface area contributed by atoms with Crippen LogP contribution in [0.3, 0.4) is 0 Å². The zero-order chi connectivity index (χ0) is 17.7. The first-order valence-corrected chi connectivity index (χ1v) is 8.75. The Morgan fingerprint density at radius 3 is 2.16 bits per heavy atom. The van der Waals surface area contributed by atoms with Gasteiger partial charge >= 0.3 is 7.12 Å². The van der Waals surface area contributed by atoms with Crippen molar-refractivity contribution >= 4 is 12.7 Å². The molecule has 2 aromatic carbocycles. The Balaban J connectivity index is 1.84. The van der Waals surface area contributed by atoms with E-state index in [1.165, 1.54) is 11.1 Å². The van der Waals surface area contributed by atoms with Crippen molar-refractivity contribution in [3.8, 4) is 5.75 Å². The van der Waals surface area contributed by atoms with Crippen LogP contribution in [0.2, 0.25) is 0 Å². The molecule has 25 heavy (non-hydrogen) atoms. The van der Waals surface area contributed by atoms with E-state index in [-0.39, 0.29) is 18.3 Å². The second-order valence-electron chi connectivity index (χ2n) is 7.65. The maximum Gasteiger partial charge on any atom is 0.487 e. The van der Waals surface area contributed by atoms with Crippen LogP contribution >= 0.6 is 0 Å². The van der Waals surface area contributed by atoms with Gasteiger partial charge in [0.25, 0.3) is 0 Å². The molecule has 0 amide bonds. The average molecular weight is 334 g/mol. The standard InChI is InChI=1S/C21H23BO3/c1-20(2)21(3,4)25-22(24-20)13-18-16-10-6-5-9-15(16)14-23-19-12-8-7-11-17(18)19/h5-13H,14H2,1-4H3/b18-13+. The third-order valence-corrected chi connectivity index (χ3v) is 5.44. The van der Waals surface area contributed by atoms with E-state index in [0.29, 0.717) is 6.61 Å². The number of fused-ring (bicyclic) bond motifs is 2. The molecule has 2 heterocycles. The number of benzene rings is 2. The summed E-state index contributed by atoms with van der Waals surface area (Å²) in [4.78, 5) is 0. The van der Waals surface area contributed by atoms with Gasteiger partial charge in [-0.2, -0.15) is 0 Å². The molecule has 1 fully saturated rings. The van der Waals surface area contributed by atoms with Crippen LogP contribution in [0.1, 0.15) is 44.4 Å². The molecule has 0 aromatic heterocycles. The van der Waals surface area contributed by atoms with Gasteiger partial charge in [-0.15, -0.1) is 0 Å². The van der Waals surface area contributed by atoms with E-state index in [0.717, 1.165) is 16.9 Å². The van der Waals surface area contributed by atoms with Gasteiger partial charge in [0.2, 0.25) is 0 Å². The second kappa shape index (κ2) is 5.75. The van der Waals surface area contributed by atoms with Crippen molar-refractivity contribution in [2.45, 2.75) is 45.5 Å². The van der Waals surface area contributed by atoms with E-state index in [2.05, 4.69) is 57.9 Å². The number of para-hydroxylation sites is 1. The van der Waals surface area contributed by atoms with Crippen LogP contribution in [0.15, 0.2) is 54.5 Å². The molecule has 4 rings (SSSR count). The summed E-state index contributed by atoms with van der Waals surface area (Å²) in [7, 11) is -0.390. The average Bonchev–Trinajstić information content (AvgIpc) is 2.70. The molecule has 0 aliphatic carbocycles. The van der Waals surface area contributed by atoms with Crippen molar-refractivity contribution in [2.24, 2.45) is 0 Å². The molecule has 0 unspecified atom stereocenters. The van der Waals surface area contributed by atoms with Gasteiger partial charge in [0, 0.05) is 5.56 Å². The van der Waals surface area contributed by atoms with Crippen molar-refractivity contribution in [1.82, 2.24) is 0 Å². The maximum absolute atomic E-state index is 6.20. The Morgan fingerprint density at radius 1 is 0.840 bits per heavy atom. The van der Waals surface area contributed by atoms with Crippen LogP contribution in [-0.2, 0) is 15.9 Å². The molecular weight excluding hydrogens is 311 g/mol. The van der Waals surface area contributed by atoms with Crippen LogP contribution in [0.4, 0.5) is 0 Å². The van der Waals surface area contributed by atoms with Crippen molar-refractivity contribution in [2.75, 3.05) is 0 Å². The van der Waals surface area contributed by atoms with Gasteiger partial charge in [0.15, 0.2) is 0 Å². The largest absolute Gasteiger partial charge is 0.488 e. The molecule has 4 heteroatoms. The summed E-state index contributed by atoms with van der Waals surface area (Å²) in [5.74, 6) is 2.98. The Morgan fingerprint density at radius 2 is 1.44 bits per heavy atom. The molecule has 2 aliphatic heterocycles. The summed E-state index contributed by atoms with van der Waals surface area (Å²) < 4.78 is 18.4. The summed E-state index contributed by atoms with van der Waals surface area (Å²) in [5, 5.41) is 0. The van der Waals surface area contributed by atoms with Crippen LogP contribution in [0, 0.1) is 0 Å². The normalized spacial score (nSPS) is 22.1. The number of hydrogen-bond acceptors (Lipinski definition) is 3. The summed E-state index contributed by atoms with van der Waals surface area (Å²) >= 11 is 0. The minimum Gasteiger partial charge on any atom is -0.488 e. The lowest BCUT2D eigenvalue weighted by molar-refractivity contribution is 0.00578. The Labute approximate surface area is 149 Å². The zero-order valence-electron chi connectivity index (χ0n) is 15.2. The molecule has 0 N–H and O–H groups in total. The first kappa shape index (κ1) is 16.4. The summed E-state index contributed by atoms with van der Waals surface area (Å²) in [5.41, 5.74) is 3.80. The fourth-order valence-electron chi connectivity index (χ4n) is 3.30. The Hall–Kier alpha value is -2.04. The van der Waals surface area contributed by atoms with Crippen LogP contribution in [-0.4, -0.2) is 18.3 Å². The first-order chi connectivity index (χ1) is 11.9.